The van der Waals surface area contributed by atoms with E-state index in [1.54, 1.807) is 17.4 Å². The quantitative estimate of drug-likeness (QED) is 0.446. The zero-order chi connectivity index (χ0) is 23.6. The number of aromatic nitrogens is 1. The van der Waals surface area contributed by atoms with Crippen molar-refractivity contribution in [3.8, 4) is 0 Å². The third kappa shape index (κ3) is 7.40. The second-order valence-electron chi connectivity index (χ2n) is 7.92. The van der Waals surface area contributed by atoms with Crippen LogP contribution < -0.4 is 10.6 Å². The Hall–Kier alpha value is -3.23. The molecule has 0 radical (unpaired) electrons. The number of benzene rings is 2. The Kier molecular flexibility index (Phi) is 8.97. The van der Waals surface area contributed by atoms with Gasteiger partial charge in [-0.25, -0.2) is 9.78 Å². The maximum atomic E-state index is 12.9. The van der Waals surface area contributed by atoms with E-state index in [2.05, 4.69) is 29.5 Å². The molecule has 0 fully saturated rings. The van der Waals surface area contributed by atoms with Gasteiger partial charge in [0.25, 0.3) is 5.91 Å². The number of carbonyl (C=O) groups excluding carboxylic acids is 2. The molecule has 0 saturated carbocycles. The van der Waals surface area contributed by atoms with Crippen molar-refractivity contribution in [2.24, 2.45) is 0 Å². The number of amides is 3. The summed E-state index contributed by atoms with van der Waals surface area (Å²) >= 11 is 1.36. The topological polar surface area (TPSA) is 83.6 Å². The van der Waals surface area contributed by atoms with E-state index in [0.717, 1.165) is 11.3 Å². The summed E-state index contributed by atoms with van der Waals surface area (Å²) in [5.41, 5.74) is 3.31. The van der Waals surface area contributed by atoms with Crippen LogP contribution in [0.25, 0.3) is 0 Å². The minimum absolute atomic E-state index is 0.237. The maximum absolute atomic E-state index is 12.9. The Morgan fingerprint density at radius 3 is 2.48 bits per heavy atom. The van der Waals surface area contributed by atoms with Gasteiger partial charge in [-0.2, -0.15) is 0 Å². The van der Waals surface area contributed by atoms with Crippen LogP contribution in [-0.2, 0) is 17.8 Å². The largest absolute Gasteiger partial charge is 0.383 e. The van der Waals surface area contributed by atoms with Crippen LogP contribution in [-0.4, -0.2) is 42.1 Å². The van der Waals surface area contributed by atoms with Gasteiger partial charge in [-0.1, -0.05) is 56.3 Å². The molecule has 0 spiro atoms. The zero-order valence-electron chi connectivity index (χ0n) is 19.2. The van der Waals surface area contributed by atoms with Crippen molar-refractivity contribution in [3.63, 3.8) is 0 Å². The molecule has 33 heavy (non-hydrogen) atoms. The smallest absolute Gasteiger partial charge is 0.322 e. The molecule has 0 unspecified atom stereocenters. The highest BCUT2D eigenvalue weighted by Crippen LogP contribution is 2.18. The van der Waals surface area contributed by atoms with Crippen LogP contribution in [0.15, 0.2) is 60.0 Å². The highest BCUT2D eigenvalue weighted by atomic mass is 32.1. The third-order valence-corrected chi connectivity index (χ3v) is 5.92. The fourth-order valence-electron chi connectivity index (χ4n) is 3.13. The molecule has 2 aromatic carbocycles. The first kappa shape index (κ1) is 24.4. The Bertz CT molecular complexity index is 1040. The van der Waals surface area contributed by atoms with Crippen molar-refractivity contribution >= 4 is 29.0 Å². The lowest BCUT2D eigenvalue weighted by Crippen LogP contribution is -2.36. The Labute approximate surface area is 198 Å². The van der Waals surface area contributed by atoms with Crippen molar-refractivity contribution in [1.29, 1.82) is 0 Å². The summed E-state index contributed by atoms with van der Waals surface area (Å²) in [6, 6.07) is 17.3. The number of anilines is 1. The van der Waals surface area contributed by atoms with Crippen LogP contribution in [0, 0.1) is 0 Å². The number of nitrogens with one attached hydrogen (secondary N) is 2. The van der Waals surface area contributed by atoms with Crippen molar-refractivity contribution in [1.82, 2.24) is 15.2 Å². The number of urea groups is 1. The van der Waals surface area contributed by atoms with Crippen molar-refractivity contribution in [3.05, 3.63) is 81.8 Å². The van der Waals surface area contributed by atoms with Crippen LogP contribution >= 0.6 is 11.3 Å². The first-order valence-corrected chi connectivity index (χ1v) is 11.8. The van der Waals surface area contributed by atoms with Crippen molar-refractivity contribution in [2.75, 3.05) is 25.6 Å². The Morgan fingerprint density at radius 1 is 1.09 bits per heavy atom. The van der Waals surface area contributed by atoms with Gasteiger partial charge in [0.15, 0.2) is 0 Å². The average Bonchev–Trinajstić information content (AvgIpc) is 3.30. The second kappa shape index (κ2) is 12.1. The molecule has 0 atom stereocenters. The molecule has 3 amide bonds. The summed E-state index contributed by atoms with van der Waals surface area (Å²) in [5.74, 6) is 0.191. The summed E-state index contributed by atoms with van der Waals surface area (Å²) in [5, 5.41) is 8.21. The van der Waals surface area contributed by atoms with Crippen LogP contribution in [0.4, 0.5) is 10.5 Å². The zero-order valence-corrected chi connectivity index (χ0v) is 20.0. The monoisotopic (exact) mass is 466 g/mol. The molecule has 1 heterocycles. The van der Waals surface area contributed by atoms with E-state index >= 15 is 0 Å². The lowest BCUT2D eigenvalue weighted by atomic mass is 10.0. The average molecular weight is 467 g/mol. The standard InChI is InChI=1S/C25H30N4O3S/c1-18(2)20-9-11-21(12-10-20)27-25(31)29(13-14-32-3)16-23-28-22(17-33-23)24(30)26-15-19-7-5-4-6-8-19/h4-12,17-18H,13-16H2,1-3H3,(H,26,30)(H,27,31). The highest BCUT2D eigenvalue weighted by molar-refractivity contribution is 7.09. The molecule has 0 aliphatic carbocycles. The molecule has 0 aliphatic heterocycles. The molecule has 3 rings (SSSR count). The number of hydrogen-bond donors (Lipinski definition) is 2. The molecule has 2 N–H and O–H groups in total. The summed E-state index contributed by atoms with van der Waals surface area (Å²) in [4.78, 5) is 31.4. The van der Waals surface area contributed by atoms with Gasteiger partial charge in [-0.15, -0.1) is 11.3 Å². The van der Waals surface area contributed by atoms with E-state index in [9.17, 15) is 9.59 Å². The van der Waals surface area contributed by atoms with Gasteiger partial charge in [-0.3, -0.25) is 4.79 Å². The molecular weight excluding hydrogens is 436 g/mol. The predicted octanol–water partition coefficient (Wildman–Crippen LogP) is 4.88. The fraction of sp³-hybridized carbons (Fsp3) is 0.320. The molecule has 1 aromatic heterocycles. The van der Waals surface area contributed by atoms with Crippen LogP contribution in [0.3, 0.4) is 0 Å². The molecule has 0 saturated heterocycles. The van der Waals surface area contributed by atoms with E-state index in [0.29, 0.717) is 36.3 Å². The lowest BCUT2D eigenvalue weighted by Gasteiger charge is -2.22. The van der Waals surface area contributed by atoms with Gasteiger partial charge in [0.05, 0.1) is 13.2 Å². The van der Waals surface area contributed by atoms with Gasteiger partial charge in [0.1, 0.15) is 10.7 Å². The molecular formula is C25H30N4O3S. The van der Waals surface area contributed by atoms with E-state index in [4.69, 9.17) is 4.74 Å². The van der Waals surface area contributed by atoms with Gasteiger partial charge in [0, 0.05) is 31.3 Å². The molecule has 7 nitrogen and oxygen atoms in total. The number of carbonyl (C=O) groups is 2. The Balaban J connectivity index is 1.60. The second-order valence-corrected chi connectivity index (χ2v) is 8.86. The summed E-state index contributed by atoms with van der Waals surface area (Å²) in [6.45, 7) is 5.78. The van der Waals surface area contributed by atoms with E-state index in [-0.39, 0.29) is 18.5 Å². The first-order valence-electron chi connectivity index (χ1n) is 10.9. The summed E-state index contributed by atoms with van der Waals surface area (Å²) in [6.07, 6.45) is 0. The number of hydrogen-bond acceptors (Lipinski definition) is 5. The van der Waals surface area contributed by atoms with E-state index in [1.165, 1.54) is 16.9 Å². The van der Waals surface area contributed by atoms with Crippen LogP contribution in [0.2, 0.25) is 0 Å². The Morgan fingerprint density at radius 2 is 1.82 bits per heavy atom. The lowest BCUT2D eigenvalue weighted by molar-refractivity contribution is 0.0946. The van der Waals surface area contributed by atoms with Gasteiger partial charge >= 0.3 is 6.03 Å². The number of ether oxygens (including phenoxy) is 1. The predicted molar refractivity (Wildman–Crippen MR) is 132 cm³/mol. The molecule has 174 valence electrons. The van der Waals surface area contributed by atoms with Crippen LogP contribution in [0.5, 0.6) is 0 Å². The molecule has 0 aliphatic rings. The molecule has 3 aromatic rings. The normalized spacial score (nSPS) is 10.8. The summed E-state index contributed by atoms with van der Waals surface area (Å²) < 4.78 is 5.17. The minimum atomic E-state index is -0.241. The van der Waals surface area contributed by atoms with Crippen molar-refractivity contribution < 1.29 is 14.3 Å². The van der Waals surface area contributed by atoms with Gasteiger partial charge in [0.2, 0.25) is 0 Å². The van der Waals surface area contributed by atoms with E-state index in [1.807, 2.05) is 54.6 Å². The number of rotatable bonds is 10. The van der Waals surface area contributed by atoms with Crippen LogP contribution in [0.1, 0.15) is 46.4 Å². The van der Waals surface area contributed by atoms with Gasteiger partial charge in [-0.05, 0) is 29.2 Å². The SMILES string of the molecule is COCCN(Cc1nc(C(=O)NCc2ccccc2)cs1)C(=O)Nc1ccc(C(C)C)cc1. The van der Waals surface area contributed by atoms with Gasteiger partial charge < -0.3 is 20.3 Å². The number of methoxy groups -OCH3 is 1. The molecule has 8 heteroatoms. The maximum Gasteiger partial charge on any atom is 0.322 e. The highest BCUT2D eigenvalue weighted by Gasteiger charge is 2.18. The van der Waals surface area contributed by atoms with Crippen molar-refractivity contribution in [2.45, 2.75) is 32.9 Å². The number of thiazole rings is 1. The minimum Gasteiger partial charge on any atom is -0.383 e. The third-order valence-electron chi connectivity index (χ3n) is 5.09. The first-order chi connectivity index (χ1) is 16.0. The number of nitrogens with zero attached hydrogens (tertiary/aromatic N) is 2. The summed E-state index contributed by atoms with van der Waals surface area (Å²) in [7, 11) is 1.60. The fourth-order valence-corrected chi connectivity index (χ4v) is 3.92. The molecule has 0 bridgehead atoms. The van der Waals surface area contributed by atoms with E-state index < -0.39 is 0 Å².